The van der Waals surface area contributed by atoms with E-state index < -0.39 is 0 Å². The molecule has 0 aliphatic heterocycles. The Kier molecular flexibility index (Phi) is 4.02. The molecule has 1 aromatic rings. The molecule has 3 nitrogen and oxygen atoms in total. The Balaban J connectivity index is 2.59. The number of anilines is 1. The van der Waals surface area contributed by atoms with Gasteiger partial charge in [0.25, 0.3) is 0 Å². The van der Waals surface area contributed by atoms with Crippen molar-refractivity contribution in [2.75, 3.05) is 11.5 Å². The number of nitrogen functional groups attached to an aromatic ring is 1. The number of nitrogens with two attached hydrogens (primary N) is 1. The van der Waals surface area contributed by atoms with Crippen molar-refractivity contribution >= 4 is 17.6 Å². The second kappa shape index (κ2) is 5.07. The molecule has 0 aliphatic rings. The topological polar surface area (TPSA) is 51.8 Å². The van der Waals surface area contributed by atoms with E-state index in [-0.39, 0.29) is 0 Å². The van der Waals surface area contributed by atoms with Gasteiger partial charge in [0, 0.05) is 0 Å². The molecule has 0 amide bonds. The summed E-state index contributed by atoms with van der Waals surface area (Å²) in [6.07, 6.45) is 2.43. The molecule has 0 aliphatic carbocycles. The van der Waals surface area contributed by atoms with Gasteiger partial charge in [0.15, 0.2) is 5.82 Å². The highest BCUT2D eigenvalue weighted by Gasteiger charge is 2.01. The third-order valence-electron chi connectivity index (χ3n) is 1.66. The van der Waals surface area contributed by atoms with Crippen molar-refractivity contribution in [3.05, 3.63) is 11.8 Å². The molecule has 2 N–H and O–H groups in total. The Bertz CT molecular complexity index is 276. The maximum Gasteiger partial charge on any atom is 0.159 e. The summed E-state index contributed by atoms with van der Waals surface area (Å²) in [7, 11) is 0. The first-order valence-electron chi connectivity index (χ1n) is 4.46. The third kappa shape index (κ3) is 3.22. The maximum atomic E-state index is 5.68. The number of aryl methyl sites for hydroxylation is 1. The van der Waals surface area contributed by atoms with Gasteiger partial charge in [0.05, 0.1) is 10.6 Å². The molecule has 0 radical (unpaired) electrons. The van der Waals surface area contributed by atoms with Crippen LogP contribution in [0.5, 0.6) is 0 Å². The Morgan fingerprint density at radius 1 is 1.46 bits per heavy atom. The largest absolute Gasteiger partial charge is 0.381 e. The Labute approximate surface area is 83.1 Å². The number of aromatic nitrogens is 2. The predicted octanol–water partition coefficient (Wildman–Crippen LogP) is 2.26. The number of nitrogens with zero attached hydrogens (tertiary/aromatic N) is 2. The lowest BCUT2D eigenvalue weighted by Crippen LogP contribution is -1.97. The van der Waals surface area contributed by atoms with Crippen LogP contribution in [0.15, 0.2) is 11.0 Å². The third-order valence-corrected chi connectivity index (χ3v) is 2.79. The summed E-state index contributed by atoms with van der Waals surface area (Å²) in [6.45, 7) is 4.11. The lowest BCUT2D eigenvalue weighted by atomic mass is 10.4. The van der Waals surface area contributed by atoms with Crippen molar-refractivity contribution in [1.82, 2.24) is 10.2 Å². The lowest BCUT2D eigenvalue weighted by molar-refractivity contribution is 0.894. The minimum Gasteiger partial charge on any atom is -0.381 e. The zero-order valence-corrected chi connectivity index (χ0v) is 8.90. The van der Waals surface area contributed by atoms with E-state index >= 15 is 0 Å². The lowest BCUT2D eigenvalue weighted by Gasteiger charge is -2.03. The van der Waals surface area contributed by atoms with Gasteiger partial charge < -0.3 is 5.73 Å². The first-order valence-corrected chi connectivity index (χ1v) is 5.45. The Morgan fingerprint density at radius 2 is 2.23 bits per heavy atom. The van der Waals surface area contributed by atoms with Gasteiger partial charge in [-0.3, -0.25) is 0 Å². The molecule has 0 atom stereocenters. The molecule has 0 bridgehead atoms. The quantitative estimate of drug-likeness (QED) is 0.594. The minimum absolute atomic E-state index is 0.548. The molecule has 4 heteroatoms. The standard InChI is InChI=1S/C9H15N3S/c1-3-4-5-13-8-6-7(2)11-12-9(8)10/h6H,3-5H2,1-2H3,(H2,10,12). The fraction of sp³-hybridized carbons (Fsp3) is 0.556. The molecule has 0 aromatic carbocycles. The molecule has 72 valence electrons. The van der Waals surface area contributed by atoms with Crippen LogP contribution >= 0.6 is 11.8 Å². The van der Waals surface area contributed by atoms with Crippen LogP contribution in [0.4, 0.5) is 5.82 Å². The van der Waals surface area contributed by atoms with Crippen molar-refractivity contribution < 1.29 is 0 Å². The van der Waals surface area contributed by atoms with Gasteiger partial charge in [-0.2, -0.15) is 5.10 Å². The van der Waals surface area contributed by atoms with Gasteiger partial charge >= 0.3 is 0 Å². The number of rotatable bonds is 4. The first kappa shape index (κ1) is 10.3. The van der Waals surface area contributed by atoms with Gasteiger partial charge in [-0.1, -0.05) is 13.3 Å². The zero-order chi connectivity index (χ0) is 9.68. The van der Waals surface area contributed by atoms with Crippen molar-refractivity contribution in [2.45, 2.75) is 31.6 Å². The van der Waals surface area contributed by atoms with Crippen LogP contribution < -0.4 is 5.73 Å². The molecule has 13 heavy (non-hydrogen) atoms. The van der Waals surface area contributed by atoms with Crippen molar-refractivity contribution in [2.24, 2.45) is 0 Å². The summed E-state index contributed by atoms with van der Waals surface area (Å²) < 4.78 is 0. The molecular formula is C9H15N3S. The van der Waals surface area contributed by atoms with Crippen molar-refractivity contribution in [3.63, 3.8) is 0 Å². The maximum absolute atomic E-state index is 5.68. The van der Waals surface area contributed by atoms with Gasteiger partial charge in [-0.05, 0) is 25.2 Å². The van der Waals surface area contributed by atoms with E-state index in [1.54, 1.807) is 11.8 Å². The molecule has 0 saturated heterocycles. The summed E-state index contributed by atoms with van der Waals surface area (Å²) >= 11 is 1.76. The van der Waals surface area contributed by atoms with Crippen LogP contribution in [-0.2, 0) is 0 Å². The van der Waals surface area contributed by atoms with Gasteiger partial charge in [0.2, 0.25) is 0 Å². The molecule has 0 spiro atoms. The van der Waals surface area contributed by atoms with Gasteiger partial charge in [0.1, 0.15) is 0 Å². The fourth-order valence-corrected chi connectivity index (χ4v) is 2.01. The zero-order valence-electron chi connectivity index (χ0n) is 8.08. The summed E-state index contributed by atoms with van der Waals surface area (Å²) in [4.78, 5) is 1.06. The van der Waals surface area contributed by atoms with E-state index in [0.29, 0.717) is 5.82 Å². The van der Waals surface area contributed by atoms with E-state index in [1.807, 2.05) is 13.0 Å². The SMILES string of the molecule is CCCCSc1cc(C)nnc1N. The van der Waals surface area contributed by atoms with E-state index in [1.165, 1.54) is 12.8 Å². The van der Waals surface area contributed by atoms with Crippen molar-refractivity contribution in [3.8, 4) is 0 Å². The van der Waals surface area contributed by atoms with E-state index in [4.69, 9.17) is 5.73 Å². The summed E-state index contributed by atoms with van der Waals surface area (Å²) in [5, 5.41) is 7.74. The monoisotopic (exact) mass is 197 g/mol. The number of unbranched alkanes of at least 4 members (excludes halogenated alkanes) is 1. The number of hydrogen-bond donors (Lipinski definition) is 1. The smallest absolute Gasteiger partial charge is 0.159 e. The predicted molar refractivity (Wildman–Crippen MR) is 56.8 cm³/mol. The second-order valence-electron chi connectivity index (χ2n) is 2.94. The average Bonchev–Trinajstić information content (AvgIpc) is 2.11. The van der Waals surface area contributed by atoms with Crippen LogP contribution in [0.2, 0.25) is 0 Å². The Hall–Kier alpha value is -0.770. The molecule has 0 fully saturated rings. The molecular weight excluding hydrogens is 182 g/mol. The number of thioether (sulfide) groups is 1. The molecule has 1 heterocycles. The normalized spacial score (nSPS) is 10.3. The Morgan fingerprint density at radius 3 is 2.92 bits per heavy atom. The first-order chi connectivity index (χ1) is 6.24. The molecule has 0 saturated carbocycles. The van der Waals surface area contributed by atoms with Crippen LogP contribution in [0.25, 0.3) is 0 Å². The molecule has 1 rings (SSSR count). The van der Waals surface area contributed by atoms with Crippen LogP contribution in [0, 0.1) is 6.92 Å². The van der Waals surface area contributed by atoms with E-state index in [0.717, 1.165) is 16.3 Å². The van der Waals surface area contributed by atoms with Gasteiger partial charge in [-0.15, -0.1) is 16.9 Å². The minimum atomic E-state index is 0.548. The van der Waals surface area contributed by atoms with Crippen LogP contribution in [0.1, 0.15) is 25.5 Å². The highest BCUT2D eigenvalue weighted by Crippen LogP contribution is 2.23. The van der Waals surface area contributed by atoms with Crippen molar-refractivity contribution in [1.29, 1.82) is 0 Å². The van der Waals surface area contributed by atoms with Gasteiger partial charge in [-0.25, -0.2) is 0 Å². The summed E-state index contributed by atoms with van der Waals surface area (Å²) in [5.41, 5.74) is 6.60. The van der Waals surface area contributed by atoms with Crippen LogP contribution in [-0.4, -0.2) is 16.0 Å². The highest BCUT2D eigenvalue weighted by molar-refractivity contribution is 7.99. The second-order valence-corrected chi connectivity index (χ2v) is 4.07. The van der Waals surface area contributed by atoms with E-state index in [9.17, 15) is 0 Å². The van der Waals surface area contributed by atoms with E-state index in [2.05, 4.69) is 17.1 Å². The van der Waals surface area contributed by atoms with Crippen LogP contribution in [0.3, 0.4) is 0 Å². The highest BCUT2D eigenvalue weighted by atomic mass is 32.2. The molecule has 1 aromatic heterocycles. The summed E-state index contributed by atoms with van der Waals surface area (Å²) in [5.74, 6) is 1.65. The number of hydrogen-bond acceptors (Lipinski definition) is 4. The summed E-state index contributed by atoms with van der Waals surface area (Å²) in [6, 6.07) is 1.99. The fourth-order valence-electron chi connectivity index (χ4n) is 0.917. The average molecular weight is 197 g/mol. The molecule has 0 unspecified atom stereocenters.